The van der Waals surface area contributed by atoms with Gasteiger partial charge in [0.25, 0.3) is 0 Å². The largest absolute Gasteiger partial charge is 0.504 e. The second-order valence-electron chi connectivity index (χ2n) is 5.96. The maximum Gasteiger partial charge on any atom is 0.169 e. The molecule has 0 radical (unpaired) electrons. The first-order valence-electron chi connectivity index (χ1n) is 8.54. The Labute approximate surface area is 163 Å². The van der Waals surface area contributed by atoms with Crippen molar-refractivity contribution < 1.29 is 29.2 Å². The molecule has 146 valence electrons. The summed E-state index contributed by atoms with van der Waals surface area (Å²) in [5, 5.41) is 21.1. The summed E-state index contributed by atoms with van der Waals surface area (Å²) in [6, 6.07) is 14.1. The molecule has 0 amide bonds. The van der Waals surface area contributed by atoms with Crippen LogP contribution in [0.1, 0.15) is 0 Å². The lowest BCUT2D eigenvalue weighted by Crippen LogP contribution is -1.93. The van der Waals surface area contributed by atoms with Crippen LogP contribution in [0.5, 0.6) is 34.5 Å². The van der Waals surface area contributed by atoms with E-state index >= 15 is 0 Å². The fourth-order valence-electron chi connectivity index (χ4n) is 3.14. The third kappa shape index (κ3) is 3.24. The van der Waals surface area contributed by atoms with E-state index in [9.17, 15) is 10.2 Å². The van der Waals surface area contributed by atoms with E-state index in [1.165, 1.54) is 28.4 Å². The number of benzene rings is 3. The van der Waals surface area contributed by atoms with Crippen molar-refractivity contribution in [2.24, 2.45) is 0 Å². The maximum atomic E-state index is 10.6. The van der Waals surface area contributed by atoms with E-state index in [2.05, 4.69) is 0 Å². The molecule has 0 bridgehead atoms. The van der Waals surface area contributed by atoms with Gasteiger partial charge in [0.2, 0.25) is 0 Å². The molecule has 6 nitrogen and oxygen atoms in total. The standard InChI is InChI=1S/C22H22O6/c1-25-15-9-11-17(27-3)21(23)19(15)13-5-7-14(8-6-13)20-16(26-2)10-12-18(28-4)22(20)24/h5-12,23-24H,1-4H3. The lowest BCUT2D eigenvalue weighted by molar-refractivity contribution is 0.367. The lowest BCUT2D eigenvalue weighted by atomic mass is 9.97. The van der Waals surface area contributed by atoms with Crippen LogP contribution in [0.3, 0.4) is 0 Å². The zero-order valence-electron chi connectivity index (χ0n) is 16.1. The van der Waals surface area contributed by atoms with E-state index in [1.54, 1.807) is 24.3 Å². The number of aromatic hydroxyl groups is 2. The van der Waals surface area contributed by atoms with Crippen LogP contribution in [0, 0.1) is 0 Å². The third-order valence-corrected chi connectivity index (χ3v) is 4.55. The summed E-state index contributed by atoms with van der Waals surface area (Å²) in [7, 11) is 6.06. The minimum absolute atomic E-state index is 0.00333. The molecule has 0 unspecified atom stereocenters. The molecule has 0 aliphatic heterocycles. The fraction of sp³-hybridized carbons (Fsp3) is 0.182. The summed E-state index contributed by atoms with van der Waals surface area (Å²) in [5.74, 6) is 1.74. The van der Waals surface area contributed by atoms with Crippen LogP contribution in [0.4, 0.5) is 0 Å². The first kappa shape index (κ1) is 19.2. The van der Waals surface area contributed by atoms with Crippen LogP contribution < -0.4 is 18.9 Å². The first-order chi connectivity index (χ1) is 13.5. The van der Waals surface area contributed by atoms with Crippen molar-refractivity contribution >= 4 is 0 Å². The lowest BCUT2D eigenvalue weighted by Gasteiger charge is -2.16. The van der Waals surface area contributed by atoms with E-state index < -0.39 is 0 Å². The smallest absolute Gasteiger partial charge is 0.169 e. The Kier molecular flexibility index (Phi) is 5.49. The minimum atomic E-state index is -0.00333. The molecular weight excluding hydrogens is 360 g/mol. The Morgan fingerprint density at radius 3 is 1.04 bits per heavy atom. The molecule has 0 spiro atoms. The molecule has 28 heavy (non-hydrogen) atoms. The second kappa shape index (κ2) is 8.00. The first-order valence-corrected chi connectivity index (χ1v) is 8.54. The highest BCUT2D eigenvalue weighted by molar-refractivity contribution is 5.84. The fourth-order valence-corrected chi connectivity index (χ4v) is 3.14. The topological polar surface area (TPSA) is 77.4 Å². The van der Waals surface area contributed by atoms with Gasteiger partial charge in [-0.1, -0.05) is 24.3 Å². The third-order valence-electron chi connectivity index (χ3n) is 4.55. The van der Waals surface area contributed by atoms with Crippen LogP contribution in [-0.4, -0.2) is 38.7 Å². The summed E-state index contributed by atoms with van der Waals surface area (Å²) in [5.41, 5.74) is 2.52. The minimum Gasteiger partial charge on any atom is -0.504 e. The van der Waals surface area contributed by atoms with E-state index in [-0.39, 0.29) is 11.5 Å². The Morgan fingerprint density at radius 2 is 0.750 bits per heavy atom. The van der Waals surface area contributed by atoms with E-state index in [1.807, 2.05) is 24.3 Å². The monoisotopic (exact) mass is 382 g/mol. The highest BCUT2D eigenvalue weighted by Gasteiger charge is 2.19. The van der Waals surface area contributed by atoms with Gasteiger partial charge in [0.05, 0.1) is 39.6 Å². The Hall–Kier alpha value is -3.54. The Bertz CT molecular complexity index is 899. The average molecular weight is 382 g/mol. The molecule has 3 aromatic rings. The summed E-state index contributed by atoms with van der Waals surface area (Å²) in [6.07, 6.45) is 0. The molecule has 3 aromatic carbocycles. The predicted molar refractivity (Wildman–Crippen MR) is 107 cm³/mol. The summed E-state index contributed by atoms with van der Waals surface area (Å²) in [4.78, 5) is 0. The van der Waals surface area contributed by atoms with E-state index in [0.29, 0.717) is 34.1 Å². The van der Waals surface area contributed by atoms with Gasteiger partial charge in [0.15, 0.2) is 23.0 Å². The molecule has 3 rings (SSSR count). The average Bonchev–Trinajstić information content (AvgIpc) is 2.73. The zero-order chi connectivity index (χ0) is 20.3. The molecule has 0 saturated heterocycles. The molecule has 0 aliphatic rings. The summed E-state index contributed by atoms with van der Waals surface area (Å²) in [6.45, 7) is 0. The number of rotatable bonds is 6. The number of methoxy groups -OCH3 is 4. The predicted octanol–water partition coefficient (Wildman–Crippen LogP) is 4.47. The molecule has 0 aromatic heterocycles. The Morgan fingerprint density at radius 1 is 0.464 bits per heavy atom. The second-order valence-corrected chi connectivity index (χ2v) is 5.96. The summed E-state index contributed by atoms with van der Waals surface area (Å²) < 4.78 is 21.2. The molecule has 6 heteroatoms. The number of ether oxygens (including phenoxy) is 4. The summed E-state index contributed by atoms with van der Waals surface area (Å²) >= 11 is 0. The van der Waals surface area contributed by atoms with Gasteiger partial charge in [-0.15, -0.1) is 0 Å². The van der Waals surface area contributed by atoms with Gasteiger partial charge >= 0.3 is 0 Å². The van der Waals surface area contributed by atoms with Crippen molar-refractivity contribution in [3.05, 3.63) is 48.5 Å². The van der Waals surface area contributed by atoms with Crippen LogP contribution >= 0.6 is 0 Å². The SMILES string of the molecule is COc1ccc(OC)c(-c2ccc(-c3c(OC)ccc(OC)c3O)cc2)c1O. The van der Waals surface area contributed by atoms with Crippen molar-refractivity contribution in [3.63, 3.8) is 0 Å². The molecule has 0 aliphatic carbocycles. The quantitative estimate of drug-likeness (QED) is 0.655. The van der Waals surface area contributed by atoms with Gasteiger partial charge in [0.1, 0.15) is 11.5 Å². The zero-order valence-corrected chi connectivity index (χ0v) is 16.1. The molecule has 0 atom stereocenters. The van der Waals surface area contributed by atoms with E-state index in [0.717, 1.165) is 11.1 Å². The van der Waals surface area contributed by atoms with Gasteiger partial charge in [-0.3, -0.25) is 0 Å². The van der Waals surface area contributed by atoms with Crippen LogP contribution in [0.15, 0.2) is 48.5 Å². The maximum absolute atomic E-state index is 10.6. The van der Waals surface area contributed by atoms with Gasteiger partial charge in [-0.25, -0.2) is 0 Å². The van der Waals surface area contributed by atoms with Crippen LogP contribution in [0.2, 0.25) is 0 Å². The van der Waals surface area contributed by atoms with E-state index in [4.69, 9.17) is 18.9 Å². The van der Waals surface area contributed by atoms with Crippen molar-refractivity contribution in [1.82, 2.24) is 0 Å². The molecule has 0 fully saturated rings. The molecule has 2 N–H and O–H groups in total. The highest BCUT2D eigenvalue weighted by Crippen LogP contribution is 2.46. The van der Waals surface area contributed by atoms with Gasteiger partial charge in [0, 0.05) is 0 Å². The molecule has 0 saturated carbocycles. The number of hydrogen-bond donors (Lipinski definition) is 2. The van der Waals surface area contributed by atoms with Crippen molar-refractivity contribution in [2.75, 3.05) is 28.4 Å². The molecule has 0 heterocycles. The normalized spacial score (nSPS) is 10.4. The number of phenols is 2. The van der Waals surface area contributed by atoms with Crippen molar-refractivity contribution in [3.8, 4) is 56.8 Å². The van der Waals surface area contributed by atoms with Crippen molar-refractivity contribution in [1.29, 1.82) is 0 Å². The van der Waals surface area contributed by atoms with Crippen LogP contribution in [0.25, 0.3) is 22.3 Å². The van der Waals surface area contributed by atoms with Crippen molar-refractivity contribution in [2.45, 2.75) is 0 Å². The molecular formula is C22H22O6. The van der Waals surface area contributed by atoms with Gasteiger partial charge < -0.3 is 29.2 Å². The van der Waals surface area contributed by atoms with Gasteiger partial charge in [-0.05, 0) is 35.4 Å². The highest BCUT2D eigenvalue weighted by atomic mass is 16.5. The number of hydrogen-bond acceptors (Lipinski definition) is 6. The Balaban J connectivity index is 2.12. The van der Waals surface area contributed by atoms with Crippen LogP contribution in [-0.2, 0) is 0 Å². The van der Waals surface area contributed by atoms with Gasteiger partial charge in [-0.2, -0.15) is 0 Å². The number of phenolic OH excluding ortho intramolecular Hbond substituents is 2.